The monoisotopic (exact) mass is 466 g/mol. The van der Waals surface area contributed by atoms with Crippen LogP contribution in [0.1, 0.15) is 63.6 Å². The summed E-state index contributed by atoms with van der Waals surface area (Å²) >= 11 is 0. The fourth-order valence-electron chi connectivity index (χ4n) is 4.64. The summed E-state index contributed by atoms with van der Waals surface area (Å²) in [5.74, 6) is 0.913. The van der Waals surface area contributed by atoms with Gasteiger partial charge in [-0.3, -0.25) is 9.80 Å². The quantitative estimate of drug-likeness (QED) is 0.572. The fourth-order valence-corrected chi connectivity index (χ4v) is 4.64. The summed E-state index contributed by atoms with van der Waals surface area (Å²) in [5, 5.41) is 4.11. The number of nitrogens with zero attached hydrogens (tertiary/aromatic N) is 4. The summed E-state index contributed by atoms with van der Waals surface area (Å²) < 4.78 is 43.2. The van der Waals surface area contributed by atoms with Gasteiger partial charge in [-0.2, -0.15) is 13.2 Å². The van der Waals surface area contributed by atoms with E-state index in [9.17, 15) is 13.2 Å². The second kappa shape index (κ2) is 10.9. The first kappa shape index (κ1) is 25.6. The number of aromatic nitrogens is 1. The minimum absolute atomic E-state index is 0.479. The Balaban J connectivity index is 0.000000194. The van der Waals surface area contributed by atoms with E-state index in [1.54, 1.807) is 6.07 Å². The molecule has 0 saturated carbocycles. The summed E-state index contributed by atoms with van der Waals surface area (Å²) in [5.41, 5.74) is 1.20. The number of anilines is 1. The first-order valence-electron chi connectivity index (χ1n) is 11.9. The van der Waals surface area contributed by atoms with Crippen molar-refractivity contribution in [2.45, 2.75) is 71.8 Å². The Kier molecular flexibility index (Phi) is 8.45. The van der Waals surface area contributed by atoms with Crippen molar-refractivity contribution in [3.8, 4) is 0 Å². The average molecular weight is 467 g/mol. The van der Waals surface area contributed by atoms with Gasteiger partial charge in [-0.15, -0.1) is 0 Å². The molecule has 0 spiro atoms. The minimum Gasteiger partial charge on any atom is -0.369 e. The highest BCUT2D eigenvalue weighted by atomic mass is 19.4. The van der Waals surface area contributed by atoms with Gasteiger partial charge in [-0.05, 0) is 72.2 Å². The molecule has 5 nitrogen and oxygen atoms in total. The molecule has 33 heavy (non-hydrogen) atoms. The van der Waals surface area contributed by atoms with Crippen molar-refractivity contribution in [2.75, 3.05) is 37.6 Å². The maximum Gasteiger partial charge on any atom is 0.416 e. The lowest BCUT2D eigenvalue weighted by atomic mass is 10.1. The highest BCUT2D eigenvalue weighted by Gasteiger charge is 2.31. The number of halogens is 3. The Labute approximate surface area is 195 Å². The lowest BCUT2D eigenvalue weighted by Crippen LogP contribution is -2.48. The molecule has 2 saturated heterocycles. The van der Waals surface area contributed by atoms with E-state index in [4.69, 9.17) is 4.52 Å². The van der Waals surface area contributed by atoms with Crippen LogP contribution in [0.15, 0.2) is 34.9 Å². The molecular formula is C25H37F3N4O. The van der Waals surface area contributed by atoms with Gasteiger partial charge in [0.25, 0.3) is 0 Å². The molecule has 2 aromatic rings. The normalized spacial score (nSPS) is 20.4. The fraction of sp³-hybridized carbons (Fsp3) is 0.640. The van der Waals surface area contributed by atoms with Gasteiger partial charge in [-0.1, -0.05) is 11.2 Å². The number of rotatable bonds is 4. The van der Waals surface area contributed by atoms with Crippen LogP contribution in [0.5, 0.6) is 0 Å². The summed E-state index contributed by atoms with van der Waals surface area (Å²) in [7, 11) is 0. The second-order valence-corrected chi connectivity index (χ2v) is 9.52. The van der Waals surface area contributed by atoms with E-state index >= 15 is 0 Å². The van der Waals surface area contributed by atoms with Gasteiger partial charge in [0.2, 0.25) is 0 Å². The van der Waals surface area contributed by atoms with Gasteiger partial charge in [0.1, 0.15) is 11.5 Å². The smallest absolute Gasteiger partial charge is 0.369 e. The molecule has 2 aliphatic rings. The molecule has 0 N–H and O–H groups in total. The van der Waals surface area contributed by atoms with Crippen molar-refractivity contribution < 1.29 is 17.7 Å². The molecule has 1 aromatic carbocycles. The predicted molar refractivity (Wildman–Crippen MR) is 125 cm³/mol. The first-order chi connectivity index (χ1) is 15.6. The van der Waals surface area contributed by atoms with Crippen molar-refractivity contribution in [1.82, 2.24) is 15.0 Å². The zero-order valence-corrected chi connectivity index (χ0v) is 20.4. The van der Waals surface area contributed by atoms with Crippen molar-refractivity contribution in [3.63, 3.8) is 0 Å². The highest BCUT2D eigenvalue weighted by molar-refractivity contribution is 5.49. The molecule has 0 radical (unpaired) electrons. The number of likely N-dealkylation sites (tertiary alicyclic amines) is 1. The minimum atomic E-state index is -4.27. The molecule has 184 valence electrons. The largest absolute Gasteiger partial charge is 0.416 e. The van der Waals surface area contributed by atoms with Crippen LogP contribution < -0.4 is 4.90 Å². The molecule has 0 amide bonds. The van der Waals surface area contributed by atoms with Crippen LogP contribution in [0.4, 0.5) is 18.9 Å². The molecule has 2 aliphatic heterocycles. The molecule has 0 aliphatic carbocycles. The van der Waals surface area contributed by atoms with Crippen molar-refractivity contribution in [2.24, 2.45) is 0 Å². The van der Waals surface area contributed by atoms with Crippen molar-refractivity contribution >= 4 is 5.69 Å². The number of hydrogen-bond acceptors (Lipinski definition) is 5. The van der Waals surface area contributed by atoms with Gasteiger partial charge in [0.15, 0.2) is 0 Å². The van der Waals surface area contributed by atoms with Crippen LogP contribution in [0.3, 0.4) is 0 Å². The zero-order valence-electron chi connectivity index (χ0n) is 20.4. The Morgan fingerprint density at radius 3 is 2.21 bits per heavy atom. The van der Waals surface area contributed by atoms with Crippen LogP contribution in [-0.4, -0.2) is 59.8 Å². The Bertz CT molecular complexity index is 873. The molecular weight excluding hydrogens is 429 g/mol. The van der Waals surface area contributed by atoms with Crippen LogP contribution >= 0.6 is 0 Å². The molecule has 1 atom stereocenters. The number of benzene rings is 1. The third-order valence-electron chi connectivity index (χ3n) is 6.53. The Morgan fingerprint density at radius 2 is 1.67 bits per heavy atom. The lowest BCUT2D eigenvalue weighted by molar-refractivity contribution is -0.137. The number of alkyl halides is 3. The predicted octanol–water partition coefficient (Wildman–Crippen LogP) is 5.76. The molecule has 2 fully saturated rings. The SMILES string of the molecule is CC(C)N1CCN(c2cccc(C(F)(F)F)c2)CC1.Cc1cc(C2CCCN2C(C)C)no1. The van der Waals surface area contributed by atoms with E-state index in [0.29, 0.717) is 23.8 Å². The number of aryl methyl sites for hydroxylation is 1. The van der Waals surface area contributed by atoms with E-state index in [0.717, 1.165) is 43.7 Å². The Morgan fingerprint density at radius 1 is 0.970 bits per heavy atom. The molecule has 0 bridgehead atoms. The molecule has 4 rings (SSSR count). The molecule has 1 unspecified atom stereocenters. The zero-order chi connectivity index (χ0) is 24.2. The highest BCUT2D eigenvalue weighted by Crippen LogP contribution is 2.33. The molecule has 8 heteroatoms. The third-order valence-corrected chi connectivity index (χ3v) is 6.53. The van der Waals surface area contributed by atoms with E-state index in [2.05, 4.69) is 48.7 Å². The summed E-state index contributed by atoms with van der Waals surface area (Å²) in [4.78, 5) is 6.86. The van der Waals surface area contributed by atoms with Gasteiger partial charge < -0.3 is 9.42 Å². The topological polar surface area (TPSA) is 35.8 Å². The molecule has 3 heterocycles. The van der Waals surface area contributed by atoms with E-state index < -0.39 is 11.7 Å². The summed E-state index contributed by atoms with van der Waals surface area (Å²) in [6.07, 6.45) is -1.78. The number of piperazine rings is 1. The maximum atomic E-state index is 12.7. The standard InChI is InChI=1S/C14H19F3N2.C11H18N2O/c1-11(2)18-6-8-19(9-7-18)13-5-3-4-12(10-13)14(15,16)17;1-8(2)13-6-4-5-11(13)10-7-9(3)14-12-10/h3-5,10-11H,6-9H2,1-2H3;7-8,11H,4-6H2,1-3H3. The van der Waals surface area contributed by atoms with E-state index in [-0.39, 0.29) is 0 Å². The van der Waals surface area contributed by atoms with Gasteiger partial charge >= 0.3 is 6.18 Å². The van der Waals surface area contributed by atoms with Crippen LogP contribution in [-0.2, 0) is 6.18 Å². The first-order valence-corrected chi connectivity index (χ1v) is 11.9. The van der Waals surface area contributed by atoms with Crippen LogP contribution in [0, 0.1) is 6.92 Å². The van der Waals surface area contributed by atoms with E-state index in [1.807, 2.05) is 11.8 Å². The van der Waals surface area contributed by atoms with Crippen LogP contribution in [0.2, 0.25) is 0 Å². The average Bonchev–Trinajstić information content (AvgIpc) is 3.43. The number of hydrogen-bond donors (Lipinski definition) is 0. The lowest BCUT2D eigenvalue weighted by Gasteiger charge is -2.38. The van der Waals surface area contributed by atoms with Gasteiger partial charge in [0, 0.05) is 50.0 Å². The van der Waals surface area contributed by atoms with Crippen LogP contribution in [0.25, 0.3) is 0 Å². The van der Waals surface area contributed by atoms with Crippen molar-refractivity contribution in [3.05, 3.63) is 47.3 Å². The van der Waals surface area contributed by atoms with E-state index in [1.165, 1.54) is 31.5 Å². The molecule has 1 aromatic heterocycles. The summed E-state index contributed by atoms with van der Waals surface area (Å²) in [6, 6.07) is 9.22. The van der Waals surface area contributed by atoms with Crippen molar-refractivity contribution in [1.29, 1.82) is 0 Å². The maximum absolute atomic E-state index is 12.7. The third kappa shape index (κ3) is 6.73. The second-order valence-electron chi connectivity index (χ2n) is 9.52. The van der Waals surface area contributed by atoms with Gasteiger partial charge in [0.05, 0.1) is 11.6 Å². The summed E-state index contributed by atoms with van der Waals surface area (Å²) in [6.45, 7) is 15.2. The Hall–Kier alpha value is -2.06. The van der Waals surface area contributed by atoms with Gasteiger partial charge in [-0.25, -0.2) is 0 Å².